The summed E-state index contributed by atoms with van der Waals surface area (Å²) in [4.78, 5) is 24.2. The molecule has 0 amide bonds. The van der Waals surface area contributed by atoms with E-state index < -0.39 is 11.2 Å². The second-order valence-corrected chi connectivity index (χ2v) is 4.74. The number of ketones is 1. The number of carbonyl (C=O) groups is 2. The molecule has 1 aromatic rings. The summed E-state index contributed by atoms with van der Waals surface area (Å²) in [6, 6.07) is 7.79. The molecule has 84 valence electrons. The number of ether oxygens (including phenoxy) is 1. The first-order chi connectivity index (χ1) is 7.72. The lowest BCUT2D eigenvalue weighted by molar-refractivity contribution is -0.142. The third kappa shape index (κ3) is 2.11. The fraction of sp³-hybridized carbons (Fsp3) is 0.333. The van der Waals surface area contributed by atoms with Gasteiger partial charge in [0.25, 0.3) is 0 Å². The molecule has 3 nitrogen and oxygen atoms in total. The summed E-state index contributed by atoms with van der Waals surface area (Å²) < 4.78 is 4.65. The Morgan fingerprint density at radius 2 is 2.12 bits per heavy atom. The van der Waals surface area contributed by atoms with Crippen molar-refractivity contribution >= 4 is 23.5 Å². The number of benzene rings is 1. The zero-order valence-electron chi connectivity index (χ0n) is 8.93. The van der Waals surface area contributed by atoms with Crippen molar-refractivity contribution in [3.05, 3.63) is 29.8 Å². The van der Waals surface area contributed by atoms with Crippen molar-refractivity contribution in [2.45, 2.75) is 23.0 Å². The average Bonchev–Trinajstić information content (AvgIpc) is 2.48. The summed E-state index contributed by atoms with van der Waals surface area (Å²) in [5.41, 5.74) is 1.13. The number of thioether (sulfide) groups is 1. The molecule has 0 saturated heterocycles. The van der Waals surface area contributed by atoms with Gasteiger partial charge in [0.2, 0.25) is 0 Å². The number of hydrogen-bond donors (Lipinski definition) is 0. The number of aryl methyl sites for hydroxylation is 1. The number of Topliss-reactive ketones (excluding diaryl/α,β-unsaturated/α-hetero) is 1. The number of hydrogen-bond acceptors (Lipinski definition) is 4. The van der Waals surface area contributed by atoms with E-state index in [9.17, 15) is 9.59 Å². The lowest BCUT2D eigenvalue weighted by Gasteiger charge is -2.10. The predicted octanol–water partition coefficient (Wildman–Crippen LogP) is 1.84. The molecule has 0 N–H and O–H groups in total. The van der Waals surface area contributed by atoms with Crippen LogP contribution in [0.5, 0.6) is 0 Å². The highest BCUT2D eigenvalue weighted by Crippen LogP contribution is 2.32. The van der Waals surface area contributed by atoms with Crippen LogP contribution in [-0.2, 0) is 20.7 Å². The van der Waals surface area contributed by atoms with E-state index in [0.29, 0.717) is 12.8 Å². The summed E-state index contributed by atoms with van der Waals surface area (Å²) >= 11 is 1.29. The average molecular weight is 236 g/mol. The highest BCUT2D eigenvalue weighted by Gasteiger charge is 2.31. The first kappa shape index (κ1) is 11.2. The van der Waals surface area contributed by atoms with Crippen LogP contribution in [0, 0.1) is 0 Å². The van der Waals surface area contributed by atoms with E-state index >= 15 is 0 Å². The molecule has 1 unspecified atom stereocenters. The lowest BCUT2D eigenvalue weighted by Crippen LogP contribution is -2.27. The van der Waals surface area contributed by atoms with Crippen LogP contribution < -0.4 is 0 Å². The molecular formula is C12H12O3S. The van der Waals surface area contributed by atoms with Crippen LogP contribution in [0.4, 0.5) is 0 Å². The third-order valence-electron chi connectivity index (χ3n) is 2.57. The first-order valence-electron chi connectivity index (χ1n) is 5.07. The maximum absolute atomic E-state index is 11.8. The molecule has 2 rings (SSSR count). The summed E-state index contributed by atoms with van der Waals surface area (Å²) in [6.45, 7) is 0. The minimum atomic E-state index is -0.700. The zero-order chi connectivity index (χ0) is 11.5. The third-order valence-corrected chi connectivity index (χ3v) is 3.91. The molecule has 0 aliphatic carbocycles. The minimum Gasteiger partial charge on any atom is -0.468 e. The van der Waals surface area contributed by atoms with Crippen molar-refractivity contribution in [3.63, 3.8) is 0 Å². The van der Waals surface area contributed by atoms with Crippen molar-refractivity contribution in [3.8, 4) is 0 Å². The summed E-state index contributed by atoms with van der Waals surface area (Å²) in [7, 11) is 1.31. The molecule has 1 heterocycles. The van der Waals surface area contributed by atoms with Crippen molar-refractivity contribution in [2.24, 2.45) is 0 Å². The SMILES string of the molecule is COC(=O)C1Sc2ccccc2CCC1=O. The van der Waals surface area contributed by atoms with Gasteiger partial charge >= 0.3 is 5.97 Å². The molecule has 0 aromatic heterocycles. The van der Waals surface area contributed by atoms with Crippen molar-refractivity contribution in [2.75, 3.05) is 7.11 Å². The molecule has 0 bridgehead atoms. The van der Waals surface area contributed by atoms with E-state index in [1.165, 1.54) is 18.9 Å². The molecule has 1 aliphatic heterocycles. The van der Waals surface area contributed by atoms with Gasteiger partial charge in [-0.25, -0.2) is 0 Å². The maximum Gasteiger partial charge on any atom is 0.326 e. The topological polar surface area (TPSA) is 43.4 Å². The van der Waals surface area contributed by atoms with Crippen LogP contribution in [0.3, 0.4) is 0 Å². The van der Waals surface area contributed by atoms with Gasteiger partial charge in [-0.2, -0.15) is 0 Å². The Morgan fingerprint density at radius 3 is 2.88 bits per heavy atom. The lowest BCUT2D eigenvalue weighted by atomic mass is 10.1. The Hall–Kier alpha value is -1.29. The van der Waals surface area contributed by atoms with Gasteiger partial charge in [-0.05, 0) is 18.1 Å². The van der Waals surface area contributed by atoms with Crippen LogP contribution in [0.15, 0.2) is 29.2 Å². The molecule has 0 saturated carbocycles. The normalized spacial score (nSPS) is 19.8. The van der Waals surface area contributed by atoms with Gasteiger partial charge in [0.15, 0.2) is 11.0 Å². The molecule has 4 heteroatoms. The van der Waals surface area contributed by atoms with Gasteiger partial charge in [-0.1, -0.05) is 18.2 Å². The minimum absolute atomic E-state index is 0.0481. The van der Waals surface area contributed by atoms with E-state index in [0.717, 1.165) is 10.5 Å². The highest BCUT2D eigenvalue weighted by molar-refractivity contribution is 8.01. The van der Waals surface area contributed by atoms with Gasteiger partial charge in [0.1, 0.15) is 0 Å². The molecule has 1 atom stereocenters. The zero-order valence-corrected chi connectivity index (χ0v) is 9.75. The van der Waals surface area contributed by atoms with Crippen molar-refractivity contribution in [1.29, 1.82) is 0 Å². The summed E-state index contributed by atoms with van der Waals surface area (Å²) in [5.74, 6) is -0.500. The molecule has 1 aliphatic rings. The van der Waals surface area contributed by atoms with Gasteiger partial charge in [0, 0.05) is 11.3 Å². The summed E-state index contributed by atoms with van der Waals surface area (Å²) in [5, 5.41) is -0.700. The fourth-order valence-electron chi connectivity index (χ4n) is 1.69. The fourth-order valence-corrected chi connectivity index (χ4v) is 2.87. The summed E-state index contributed by atoms with van der Waals surface area (Å²) in [6.07, 6.45) is 1.11. The Balaban J connectivity index is 2.31. The van der Waals surface area contributed by atoms with Crippen LogP contribution in [0.25, 0.3) is 0 Å². The number of fused-ring (bicyclic) bond motifs is 1. The van der Waals surface area contributed by atoms with Crippen LogP contribution in [0.1, 0.15) is 12.0 Å². The second kappa shape index (κ2) is 4.70. The molecule has 0 fully saturated rings. The smallest absolute Gasteiger partial charge is 0.326 e. The van der Waals surface area contributed by atoms with Crippen molar-refractivity contribution < 1.29 is 14.3 Å². The number of rotatable bonds is 1. The maximum atomic E-state index is 11.8. The van der Waals surface area contributed by atoms with Crippen LogP contribution in [0.2, 0.25) is 0 Å². The van der Waals surface area contributed by atoms with E-state index in [1.807, 2.05) is 24.3 Å². The number of carbonyl (C=O) groups excluding carboxylic acids is 2. The van der Waals surface area contributed by atoms with Gasteiger partial charge < -0.3 is 4.74 Å². The van der Waals surface area contributed by atoms with Crippen LogP contribution >= 0.6 is 11.8 Å². The number of methoxy groups -OCH3 is 1. The van der Waals surface area contributed by atoms with Crippen molar-refractivity contribution in [1.82, 2.24) is 0 Å². The quantitative estimate of drug-likeness (QED) is 0.551. The first-order valence-corrected chi connectivity index (χ1v) is 5.95. The predicted molar refractivity (Wildman–Crippen MR) is 61.4 cm³/mol. The Bertz CT molecular complexity index is 428. The Kier molecular flexibility index (Phi) is 3.29. The monoisotopic (exact) mass is 236 g/mol. The highest BCUT2D eigenvalue weighted by atomic mass is 32.2. The molecule has 1 aromatic carbocycles. The van der Waals surface area contributed by atoms with Gasteiger partial charge in [0.05, 0.1) is 7.11 Å². The van der Waals surface area contributed by atoms with E-state index in [1.54, 1.807) is 0 Å². The molecule has 0 spiro atoms. The standard InChI is InChI=1S/C12H12O3S/c1-15-12(14)11-9(13)7-6-8-4-2-3-5-10(8)16-11/h2-5,11H,6-7H2,1H3. The second-order valence-electron chi connectivity index (χ2n) is 3.60. The molecular weight excluding hydrogens is 224 g/mol. The Labute approximate surface area is 98.2 Å². The van der Waals surface area contributed by atoms with E-state index in [2.05, 4.69) is 4.74 Å². The van der Waals surface area contributed by atoms with E-state index in [-0.39, 0.29) is 5.78 Å². The molecule has 16 heavy (non-hydrogen) atoms. The van der Waals surface area contributed by atoms with Gasteiger partial charge in [-0.3, -0.25) is 9.59 Å². The van der Waals surface area contributed by atoms with Gasteiger partial charge in [-0.15, -0.1) is 11.8 Å². The largest absolute Gasteiger partial charge is 0.468 e. The van der Waals surface area contributed by atoms with Crippen LogP contribution in [-0.4, -0.2) is 24.1 Å². The molecule has 0 radical (unpaired) electrons. The Morgan fingerprint density at radius 1 is 1.38 bits per heavy atom. The van der Waals surface area contributed by atoms with E-state index in [4.69, 9.17) is 0 Å². The number of esters is 1.